The summed E-state index contributed by atoms with van der Waals surface area (Å²) in [7, 11) is -1.48. The molecule has 0 aromatic heterocycles. The zero-order chi connectivity index (χ0) is 14.5. The quantitative estimate of drug-likeness (QED) is 0.822. The minimum absolute atomic E-state index is 0.0838. The van der Waals surface area contributed by atoms with Gasteiger partial charge in [-0.3, -0.25) is 0 Å². The van der Waals surface area contributed by atoms with E-state index >= 15 is 0 Å². The van der Waals surface area contributed by atoms with Gasteiger partial charge in [-0.25, -0.2) is 8.42 Å². The second kappa shape index (κ2) is 4.75. The minimum atomic E-state index is -3.04. The Labute approximate surface area is 127 Å². The van der Waals surface area contributed by atoms with Gasteiger partial charge in [-0.15, -0.1) is 0 Å². The van der Waals surface area contributed by atoms with Gasteiger partial charge >= 0.3 is 0 Å². The number of hydrogen-bond donors (Lipinski definition) is 1. The van der Waals surface area contributed by atoms with E-state index in [1.807, 2.05) is 0 Å². The van der Waals surface area contributed by atoms with E-state index in [0.717, 1.165) is 0 Å². The van der Waals surface area contributed by atoms with Crippen molar-refractivity contribution in [3.8, 4) is 5.75 Å². The van der Waals surface area contributed by atoms with Crippen molar-refractivity contribution in [1.82, 2.24) is 5.32 Å². The molecule has 20 heavy (non-hydrogen) atoms. The van der Waals surface area contributed by atoms with Gasteiger partial charge in [0.15, 0.2) is 14.9 Å². The number of fused-ring (bicyclic) bond motifs is 1. The van der Waals surface area contributed by atoms with Gasteiger partial charge in [-0.05, 0) is 30.4 Å². The van der Waals surface area contributed by atoms with Crippen LogP contribution in [0.3, 0.4) is 0 Å². The fraction of sp³-hybridized carbons (Fsp3) is 0.417. The van der Waals surface area contributed by atoms with Crippen LogP contribution < -0.4 is 15.0 Å². The molecule has 2 heterocycles. The molecule has 2 saturated heterocycles. The molecule has 108 valence electrons. The van der Waals surface area contributed by atoms with Crippen LogP contribution in [-0.2, 0) is 9.84 Å². The highest BCUT2D eigenvalue weighted by atomic mass is 35.5. The number of methoxy groups -OCH3 is 1. The molecule has 0 amide bonds. The lowest BCUT2D eigenvalue weighted by Crippen LogP contribution is -2.37. The van der Waals surface area contributed by atoms with Crippen LogP contribution in [0.4, 0.5) is 5.69 Å². The third kappa shape index (κ3) is 2.23. The zero-order valence-electron chi connectivity index (χ0n) is 10.7. The molecule has 2 aliphatic heterocycles. The molecule has 0 spiro atoms. The zero-order valence-corrected chi connectivity index (χ0v) is 13.1. The summed E-state index contributed by atoms with van der Waals surface area (Å²) in [6.45, 7) is 0. The van der Waals surface area contributed by atoms with Crippen LogP contribution in [0.1, 0.15) is 0 Å². The van der Waals surface area contributed by atoms with Crippen LogP contribution in [0, 0.1) is 0 Å². The summed E-state index contributed by atoms with van der Waals surface area (Å²) < 4.78 is 28.9. The van der Waals surface area contributed by atoms with E-state index < -0.39 is 9.84 Å². The Balaban J connectivity index is 2.05. The summed E-state index contributed by atoms with van der Waals surface area (Å²) in [5, 5.41) is 4.13. The molecule has 0 saturated carbocycles. The summed E-state index contributed by atoms with van der Waals surface area (Å²) in [4.78, 5) is 1.80. The first-order valence-corrected chi connectivity index (χ1v) is 8.66. The predicted molar refractivity (Wildman–Crippen MR) is 82.4 cm³/mol. The van der Waals surface area contributed by atoms with Gasteiger partial charge in [0.2, 0.25) is 0 Å². The second-order valence-electron chi connectivity index (χ2n) is 4.89. The predicted octanol–water partition coefficient (Wildman–Crippen LogP) is 1.21. The maximum atomic E-state index is 11.8. The monoisotopic (exact) mass is 332 g/mol. The summed E-state index contributed by atoms with van der Waals surface area (Å²) >= 11 is 11.4. The number of anilines is 1. The van der Waals surface area contributed by atoms with Gasteiger partial charge in [0.1, 0.15) is 5.75 Å². The Morgan fingerprint density at radius 3 is 2.90 bits per heavy atom. The fourth-order valence-corrected chi connectivity index (χ4v) is 5.18. The topological polar surface area (TPSA) is 58.6 Å². The first-order valence-electron chi connectivity index (χ1n) is 6.05. The molecule has 3 rings (SSSR count). The molecule has 0 aliphatic carbocycles. The van der Waals surface area contributed by atoms with E-state index in [1.165, 1.54) is 0 Å². The Kier molecular flexibility index (Phi) is 3.30. The minimum Gasteiger partial charge on any atom is -0.495 e. The molecule has 1 aromatic rings. The Bertz CT molecular complexity index is 677. The van der Waals surface area contributed by atoms with E-state index in [-0.39, 0.29) is 23.6 Å². The van der Waals surface area contributed by atoms with Gasteiger partial charge in [0.25, 0.3) is 0 Å². The molecule has 1 N–H and O–H groups in total. The van der Waals surface area contributed by atoms with E-state index in [0.29, 0.717) is 21.6 Å². The van der Waals surface area contributed by atoms with E-state index in [1.54, 1.807) is 30.2 Å². The Morgan fingerprint density at radius 1 is 1.45 bits per heavy atom. The molecule has 0 bridgehead atoms. The normalized spacial score (nSPS) is 27.3. The van der Waals surface area contributed by atoms with Gasteiger partial charge in [-0.1, -0.05) is 11.6 Å². The summed E-state index contributed by atoms with van der Waals surface area (Å²) in [6, 6.07) is 4.83. The van der Waals surface area contributed by atoms with Gasteiger partial charge in [-0.2, -0.15) is 0 Å². The van der Waals surface area contributed by atoms with Crippen LogP contribution in [0.2, 0.25) is 5.02 Å². The molecule has 2 fully saturated rings. The van der Waals surface area contributed by atoms with E-state index in [2.05, 4.69) is 5.32 Å². The average Bonchev–Trinajstić information content (AvgIpc) is 2.79. The molecule has 8 heteroatoms. The Hall–Kier alpha value is -1.05. The highest BCUT2D eigenvalue weighted by Gasteiger charge is 2.48. The van der Waals surface area contributed by atoms with Crippen LogP contribution >= 0.6 is 23.8 Å². The van der Waals surface area contributed by atoms with Crippen molar-refractivity contribution in [3.05, 3.63) is 23.2 Å². The van der Waals surface area contributed by atoms with Crippen molar-refractivity contribution in [2.24, 2.45) is 0 Å². The third-order valence-electron chi connectivity index (χ3n) is 3.58. The van der Waals surface area contributed by atoms with Gasteiger partial charge < -0.3 is 15.0 Å². The summed E-state index contributed by atoms with van der Waals surface area (Å²) in [5.41, 5.74) is 0.696. The van der Waals surface area contributed by atoms with Gasteiger partial charge in [0, 0.05) is 5.02 Å². The maximum Gasteiger partial charge on any atom is 0.174 e. The number of thiocarbonyl (C=S) groups is 1. The van der Waals surface area contributed by atoms with Crippen molar-refractivity contribution in [1.29, 1.82) is 0 Å². The number of hydrogen-bond acceptors (Lipinski definition) is 4. The molecule has 0 radical (unpaired) electrons. The van der Waals surface area contributed by atoms with Crippen LogP contribution in [0.25, 0.3) is 0 Å². The number of halogens is 1. The number of ether oxygens (including phenoxy) is 1. The maximum absolute atomic E-state index is 11.8. The lowest BCUT2D eigenvalue weighted by atomic mass is 10.1. The van der Waals surface area contributed by atoms with Gasteiger partial charge in [0.05, 0.1) is 36.4 Å². The number of nitrogens with one attached hydrogen (secondary N) is 1. The SMILES string of the molecule is COc1ccc(Cl)cc1N1C(=S)N[C@@H]2CS(=O)(=O)C[C@H]21. The van der Waals surface area contributed by atoms with Crippen molar-refractivity contribution in [3.63, 3.8) is 0 Å². The van der Waals surface area contributed by atoms with E-state index in [4.69, 9.17) is 28.6 Å². The lowest BCUT2D eigenvalue weighted by molar-refractivity contribution is 0.415. The standard InChI is InChI=1S/C12H13ClN2O3S2/c1-18-11-3-2-7(13)4-9(11)15-10-6-20(16,17)5-8(10)14-12(15)19/h2-4,8,10H,5-6H2,1H3,(H,14,19)/t8-,10-/m1/s1. The molecular formula is C12H13ClN2O3S2. The molecule has 2 aliphatic rings. The molecule has 0 unspecified atom stereocenters. The van der Waals surface area contributed by atoms with Crippen molar-refractivity contribution >= 4 is 44.5 Å². The van der Waals surface area contributed by atoms with Crippen molar-refractivity contribution in [2.45, 2.75) is 12.1 Å². The molecule has 2 atom stereocenters. The van der Waals surface area contributed by atoms with Crippen LogP contribution in [-0.4, -0.2) is 44.2 Å². The van der Waals surface area contributed by atoms with Crippen LogP contribution in [0.15, 0.2) is 18.2 Å². The van der Waals surface area contributed by atoms with E-state index in [9.17, 15) is 8.42 Å². The molecule has 1 aromatic carbocycles. The number of rotatable bonds is 2. The largest absolute Gasteiger partial charge is 0.495 e. The van der Waals surface area contributed by atoms with Crippen molar-refractivity contribution in [2.75, 3.05) is 23.5 Å². The first-order chi connectivity index (χ1) is 9.41. The molecular weight excluding hydrogens is 320 g/mol. The van der Waals surface area contributed by atoms with Crippen molar-refractivity contribution < 1.29 is 13.2 Å². The van der Waals surface area contributed by atoms with Crippen LogP contribution in [0.5, 0.6) is 5.75 Å². The Morgan fingerprint density at radius 2 is 2.20 bits per heavy atom. The highest BCUT2D eigenvalue weighted by Crippen LogP contribution is 2.37. The summed E-state index contributed by atoms with van der Waals surface area (Å²) in [6.07, 6.45) is 0. The number of nitrogens with zero attached hydrogens (tertiary/aromatic N) is 1. The third-order valence-corrected chi connectivity index (χ3v) is 5.85. The lowest BCUT2D eigenvalue weighted by Gasteiger charge is -2.25. The average molecular weight is 333 g/mol. The number of sulfone groups is 1. The fourth-order valence-electron chi connectivity index (χ4n) is 2.74. The first kappa shape index (κ1) is 13.9. The number of benzene rings is 1. The second-order valence-corrected chi connectivity index (χ2v) is 7.86. The smallest absolute Gasteiger partial charge is 0.174 e. The molecule has 5 nitrogen and oxygen atoms in total. The summed E-state index contributed by atoms with van der Waals surface area (Å²) in [5.74, 6) is 0.806. The highest BCUT2D eigenvalue weighted by molar-refractivity contribution is 7.91.